The molecule has 0 unspecified atom stereocenters. The van der Waals surface area contributed by atoms with Crippen molar-refractivity contribution in [3.63, 3.8) is 0 Å². The maximum atomic E-state index is 14.8. The molecule has 8 nitrogen and oxygen atoms in total. The zero-order chi connectivity index (χ0) is 30.0. The van der Waals surface area contributed by atoms with Crippen LogP contribution in [0.2, 0.25) is 10.1 Å². The van der Waals surface area contributed by atoms with Crippen molar-refractivity contribution in [1.29, 1.82) is 0 Å². The minimum atomic E-state index is -0.763. The summed E-state index contributed by atoms with van der Waals surface area (Å²) in [5.74, 6) is -1.24. The van der Waals surface area contributed by atoms with Crippen LogP contribution in [-0.4, -0.2) is 49.6 Å². The van der Waals surface area contributed by atoms with Crippen LogP contribution in [0, 0.1) is 11.7 Å². The highest BCUT2D eigenvalue weighted by Gasteiger charge is 2.37. The first-order valence-corrected chi connectivity index (χ1v) is 14.4. The van der Waals surface area contributed by atoms with Gasteiger partial charge in [-0.15, -0.1) is 0 Å². The van der Waals surface area contributed by atoms with E-state index in [-0.39, 0.29) is 78.7 Å². The molecule has 0 aliphatic rings. The van der Waals surface area contributed by atoms with Crippen molar-refractivity contribution in [2.75, 3.05) is 13.7 Å². The van der Waals surface area contributed by atoms with Crippen LogP contribution in [0.3, 0.4) is 0 Å². The summed E-state index contributed by atoms with van der Waals surface area (Å²) in [5.41, 5.74) is -0.876. The maximum Gasteiger partial charge on any atom is 0.343 e. The van der Waals surface area contributed by atoms with E-state index < -0.39 is 22.8 Å². The summed E-state index contributed by atoms with van der Waals surface area (Å²) in [4.78, 5) is 35.9. The van der Waals surface area contributed by atoms with Crippen molar-refractivity contribution < 1.29 is 23.1 Å². The first-order chi connectivity index (χ1) is 18.6. The summed E-state index contributed by atoms with van der Waals surface area (Å²) in [7, 11) is 1.63. The molecule has 3 aromatic rings. The van der Waals surface area contributed by atoms with Gasteiger partial charge in [-0.25, -0.2) is 14.2 Å². The molecule has 0 amide bonds. The van der Waals surface area contributed by atoms with Gasteiger partial charge in [0.2, 0.25) is 21.1 Å². The molecule has 0 N–H and O–H groups in total. The van der Waals surface area contributed by atoms with Crippen LogP contribution in [0.25, 0.3) is 11.2 Å². The number of rotatable bonds is 10. The number of pyridine rings is 1. The standard InChI is InChI=1S/C29H37ClFN3O5Si/c1-10-38-27(36)18-15-34(24(16(2)3)29(7,8)39-40-28(4,5)6)25-22(23(18)35)32-20(26(33-25)37-9)14-17-12-11-13-19(30)21(17)31/h11-13,15-16,24H,10,14H2,1-9H3/t24-/m0/s1. The molecule has 1 aromatic carbocycles. The van der Waals surface area contributed by atoms with Crippen LogP contribution in [0.1, 0.15) is 83.0 Å². The van der Waals surface area contributed by atoms with Crippen molar-refractivity contribution in [2.45, 2.75) is 78.5 Å². The van der Waals surface area contributed by atoms with Gasteiger partial charge in [0.05, 0.1) is 30.4 Å². The third kappa shape index (κ3) is 6.90. The van der Waals surface area contributed by atoms with Gasteiger partial charge < -0.3 is 18.5 Å². The van der Waals surface area contributed by atoms with Gasteiger partial charge >= 0.3 is 5.97 Å². The van der Waals surface area contributed by atoms with E-state index in [1.807, 2.05) is 27.7 Å². The predicted molar refractivity (Wildman–Crippen MR) is 155 cm³/mol. The second kappa shape index (κ2) is 12.4. The average molecular weight is 590 g/mol. The lowest BCUT2D eigenvalue weighted by Gasteiger charge is -2.40. The molecule has 0 aliphatic heterocycles. The van der Waals surface area contributed by atoms with Gasteiger partial charge in [0.15, 0.2) is 11.2 Å². The molecule has 0 bridgehead atoms. The molecule has 2 aromatic heterocycles. The van der Waals surface area contributed by atoms with Crippen LogP contribution in [-0.2, 0) is 15.6 Å². The van der Waals surface area contributed by atoms with Gasteiger partial charge in [0.25, 0.3) is 0 Å². The van der Waals surface area contributed by atoms with Crippen LogP contribution in [0.15, 0.2) is 29.2 Å². The summed E-state index contributed by atoms with van der Waals surface area (Å²) in [6.45, 7) is 16.1. The lowest BCUT2D eigenvalue weighted by Crippen LogP contribution is -2.42. The highest BCUT2D eigenvalue weighted by atomic mass is 35.5. The minimum absolute atomic E-state index is 0.00598. The molecule has 2 radical (unpaired) electrons. The smallest absolute Gasteiger partial charge is 0.343 e. The Balaban J connectivity index is 2.34. The molecule has 11 heteroatoms. The van der Waals surface area contributed by atoms with Gasteiger partial charge in [-0.3, -0.25) is 4.79 Å². The number of methoxy groups -OCH3 is 1. The van der Waals surface area contributed by atoms with Gasteiger partial charge in [-0.1, -0.05) is 58.4 Å². The largest absolute Gasteiger partial charge is 0.480 e. The summed E-state index contributed by atoms with van der Waals surface area (Å²) in [6, 6.07) is 4.28. The number of aromatic nitrogens is 3. The monoisotopic (exact) mass is 589 g/mol. The molecule has 216 valence electrons. The van der Waals surface area contributed by atoms with E-state index in [1.54, 1.807) is 23.6 Å². The number of benzene rings is 1. The highest BCUT2D eigenvalue weighted by Crippen LogP contribution is 2.37. The average Bonchev–Trinajstić information content (AvgIpc) is 2.86. The fraction of sp³-hybridized carbons (Fsp3) is 0.517. The van der Waals surface area contributed by atoms with E-state index >= 15 is 0 Å². The predicted octanol–water partition coefficient (Wildman–Crippen LogP) is 6.19. The zero-order valence-electron chi connectivity index (χ0n) is 24.5. The molecular formula is C29H37ClFN3O5Si. The van der Waals surface area contributed by atoms with Crippen LogP contribution >= 0.6 is 11.6 Å². The number of hydrogen-bond acceptors (Lipinski definition) is 7. The molecule has 3 rings (SSSR count). The zero-order valence-corrected chi connectivity index (χ0v) is 26.3. The van der Waals surface area contributed by atoms with Crippen molar-refractivity contribution >= 4 is 38.5 Å². The van der Waals surface area contributed by atoms with Crippen molar-refractivity contribution in [2.24, 2.45) is 5.92 Å². The van der Waals surface area contributed by atoms with Crippen LogP contribution in [0.5, 0.6) is 5.88 Å². The van der Waals surface area contributed by atoms with Crippen molar-refractivity contribution in [3.8, 4) is 5.88 Å². The topological polar surface area (TPSA) is 92.5 Å². The second-order valence-corrected chi connectivity index (χ2v) is 13.8. The summed E-state index contributed by atoms with van der Waals surface area (Å²) in [6.07, 6.45) is 1.44. The first-order valence-electron chi connectivity index (χ1n) is 13.2. The Bertz CT molecular complexity index is 1450. The summed E-state index contributed by atoms with van der Waals surface area (Å²) >= 11 is 5.98. The van der Waals surface area contributed by atoms with E-state index in [2.05, 4.69) is 25.8 Å². The normalized spacial score (nSPS) is 13.1. The van der Waals surface area contributed by atoms with E-state index in [9.17, 15) is 14.0 Å². The molecule has 40 heavy (non-hydrogen) atoms. The van der Waals surface area contributed by atoms with Crippen molar-refractivity contribution in [3.05, 3.63) is 62.3 Å². The van der Waals surface area contributed by atoms with Gasteiger partial charge in [0.1, 0.15) is 17.1 Å². The Hall–Kier alpha value is -2.82. The lowest BCUT2D eigenvalue weighted by atomic mass is 9.88. The number of carbonyl (C=O) groups is 1. The number of halogens is 2. The third-order valence-corrected chi connectivity index (χ3v) is 7.76. The SMILES string of the molecule is CCOC(=O)c1cn([C@@H](C(C)C)C(C)(C)O[Si]C(C)(C)C)c2nc(OC)c(Cc3cccc(Cl)c3F)nc2c1=O. The number of nitrogens with zero attached hydrogens (tertiary/aromatic N) is 3. The fourth-order valence-electron chi connectivity index (χ4n) is 4.68. The highest BCUT2D eigenvalue weighted by molar-refractivity contribution is 6.32. The number of esters is 1. The Morgan fingerprint density at radius 1 is 1.18 bits per heavy atom. The van der Waals surface area contributed by atoms with E-state index in [4.69, 9.17) is 30.5 Å². The lowest BCUT2D eigenvalue weighted by molar-refractivity contribution is 0.0284. The molecule has 1 atom stereocenters. The number of hydrogen-bond donors (Lipinski definition) is 0. The molecule has 0 aliphatic carbocycles. The van der Waals surface area contributed by atoms with E-state index in [1.165, 1.54) is 19.4 Å². The Labute approximate surface area is 242 Å². The molecule has 0 fully saturated rings. The third-order valence-electron chi connectivity index (χ3n) is 6.23. The summed E-state index contributed by atoms with van der Waals surface area (Å²) in [5, 5.41) is -0.0937. The van der Waals surface area contributed by atoms with Crippen LogP contribution < -0.4 is 10.2 Å². The van der Waals surface area contributed by atoms with Gasteiger partial charge in [-0.05, 0) is 43.4 Å². The quantitative estimate of drug-likeness (QED) is 0.206. The summed E-state index contributed by atoms with van der Waals surface area (Å²) < 4.78 is 33.8. The molecule has 0 saturated carbocycles. The van der Waals surface area contributed by atoms with E-state index in [0.717, 1.165) is 0 Å². The first kappa shape index (κ1) is 31.7. The van der Waals surface area contributed by atoms with Gasteiger partial charge in [-0.2, -0.15) is 4.98 Å². The van der Waals surface area contributed by atoms with Gasteiger partial charge in [0, 0.05) is 12.6 Å². The number of fused-ring (bicyclic) bond motifs is 1. The van der Waals surface area contributed by atoms with Crippen molar-refractivity contribution in [1.82, 2.24) is 14.5 Å². The molecular weight excluding hydrogens is 553 g/mol. The Morgan fingerprint density at radius 3 is 2.42 bits per heavy atom. The Morgan fingerprint density at radius 2 is 1.85 bits per heavy atom. The second-order valence-electron chi connectivity index (χ2n) is 11.5. The van der Waals surface area contributed by atoms with Crippen LogP contribution in [0.4, 0.5) is 4.39 Å². The molecule has 0 saturated heterocycles. The number of carbonyl (C=O) groups excluding carboxylic acids is 1. The molecule has 2 heterocycles. The minimum Gasteiger partial charge on any atom is -0.480 e. The van der Waals surface area contributed by atoms with E-state index in [0.29, 0.717) is 0 Å². The molecule has 0 spiro atoms. The number of ether oxygens (including phenoxy) is 2. The maximum absolute atomic E-state index is 14.8. The Kier molecular flexibility index (Phi) is 9.80. The fourth-order valence-corrected chi connectivity index (χ4v) is 5.56.